The summed E-state index contributed by atoms with van der Waals surface area (Å²) in [6.45, 7) is 1.94. The zero-order chi connectivity index (χ0) is 9.14. The van der Waals surface area contributed by atoms with Gasteiger partial charge in [-0.3, -0.25) is 0 Å². The third-order valence-electron chi connectivity index (χ3n) is 1.42. The molecule has 1 rings (SSSR count). The average molecular weight is 250 g/mol. The quantitative estimate of drug-likeness (QED) is 0.818. The summed E-state index contributed by atoms with van der Waals surface area (Å²) in [6, 6.07) is 2.05. The van der Waals surface area contributed by atoms with Crippen molar-refractivity contribution >= 4 is 27.5 Å². The van der Waals surface area contributed by atoms with E-state index in [1.54, 1.807) is 6.20 Å². The lowest BCUT2D eigenvalue weighted by Gasteiger charge is -2.06. The van der Waals surface area contributed by atoms with E-state index in [4.69, 9.17) is 17.3 Å². The minimum atomic E-state index is 0.110. The monoisotopic (exact) mass is 248 g/mol. The molecule has 0 spiro atoms. The van der Waals surface area contributed by atoms with Crippen LogP contribution in [-0.4, -0.2) is 11.0 Å². The highest BCUT2D eigenvalue weighted by Crippen LogP contribution is 2.18. The van der Waals surface area contributed by atoms with E-state index in [2.05, 4.69) is 20.9 Å². The maximum atomic E-state index is 5.85. The minimum absolute atomic E-state index is 0.110. The number of aromatic nitrogens is 1. The van der Waals surface area contributed by atoms with Crippen LogP contribution in [0.15, 0.2) is 16.7 Å². The van der Waals surface area contributed by atoms with Gasteiger partial charge in [-0.15, -0.1) is 0 Å². The van der Waals surface area contributed by atoms with E-state index in [0.29, 0.717) is 5.15 Å². The van der Waals surface area contributed by atoms with E-state index in [1.165, 1.54) is 0 Å². The summed E-state index contributed by atoms with van der Waals surface area (Å²) in [6.07, 6.45) is 2.43. The molecule has 0 saturated carbocycles. The fourth-order valence-electron chi connectivity index (χ4n) is 0.955. The van der Waals surface area contributed by atoms with Crippen molar-refractivity contribution < 1.29 is 0 Å². The van der Waals surface area contributed by atoms with Crippen molar-refractivity contribution in [2.75, 3.05) is 0 Å². The minimum Gasteiger partial charge on any atom is -0.328 e. The van der Waals surface area contributed by atoms with Gasteiger partial charge in [0.2, 0.25) is 0 Å². The second kappa shape index (κ2) is 4.21. The summed E-state index contributed by atoms with van der Waals surface area (Å²) >= 11 is 9.18. The highest BCUT2D eigenvalue weighted by Gasteiger charge is 2.04. The Bertz CT molecular complexity index is 276. The maximum Gasteiger partial charge on any atom is 0.132 e. The summed E-state index contributed by atoms with van der Waals surface area (Å²) in [5.74, 6) is 0. The van der Waals surface area contributed by atoms with Crippen LogP contribution in [0, 0.1) is 0 Å². The molecule has 0 aromatic carbocycles. The molecule has 66 valence electrons. The molecule has 2 nitrogen and oxygen atoms in total. The van der Waals surface area contributed by atoms with E-state index in [1.807, 2.05) is 13.0 Å². The van der Waals surface area contributed by atoms with Crippen LogP contribution in [0.25, 0.3) is 0 Å². The van der Waals surface area contributed by atoms with Gasteiger partial charge in [0.25, 0.3) is 0 Å². The molecule has 0 unspecified atom stereocenters. The Morgan fingerprint density at radius 3 is 3.00 bits per heavy atom. The lowest BCUT2D eigenvalue weighted by Crippen LogP contribution is -2.18. The molecule has 4 heteroatoms. The van der Waals surface area contributed by atoms with Gasteiger partial charge >= 0.3 is 0 Å². The summed E-state index contributed by atoms with van der Waals surface area (Å²) in [7, 11) is 0. The lowest BCUT2D eigenvalue weighted by molar-refractivity contribution is 0.735. The maximum absolute atomic E-state index is 5.85. The van der Waals surface area contributed by atoms with Gasteiger partial charge in [0.15, 0.2) is 0 Å². The van der Waals surface area contributed by atoms with Crippen LogP contribution in [0.2, 0.25) is 5.15 Å². The molecule has 1 aromatic rings. The summed E-state index contributed by atoms with van der Waals surface area (Å²) < 4.78 is 0.933. The van der Waals surface area contributed by atoms with Gasteiger partial charge in [-0.05, 0) is 40.9 Å². The number of nitrogens with zero attached hydrogens (tertiary/aromatic N) is 1. The van der Waals surface area contributed by atoms with E-state index >= 15 is 0 Å². The summed E-state index contributed by atoms with van der Waals surface area (Å²) in [5, 5.41) is 0.538. The first-order valence-electron chi connectivity index (χ1n) is 3.65. The highest BCUT2D eigenvalue weighted by atomic mass is 79.9. The zero-order valence-electron chi connectivity index (χ0n) is 6.72. The number of rotatable bonds is 2. The van der Waals surface area contributed by atoms with Crippen LogP contribution in [-0.2, 0) is 6.42 Å². The van der Waals surface area contributed by atoms with Crippen molar-refractivity contribution in [3.8, 4) is 0 Å². The van der Waals surface area contributed by atoms with Crippen molar-refractivity contribution in [1.29, 1.82) is 0 Å². The van der Waals surface area contributed by atoms with Gasteiger partial charge < -0.3 is 5.73 Å². The average Bonchev–Trinajstić information content (AvgIpc) is 1.96. The number of halogens is 2. The number of nitrogens with two attached hydrogens (primary N) is 1. The molecule has 2 N–H and O–H groups in total. The summed E-state index contributed by atoms with van der Waals surface area (Å²) in [4.78, 5) is 3.99. The van der Waals surface area contributed by atoms with Gasteiger partial charge in [0, 0.05) is 16.7 Å². The van der Waals surface area contributed by atoms with Gasteiger partial charge in [-0.1, -0.05) is 11.6 Å². The van der Waals surface area contributed by atoms with Crippen molar-refractivity contribution in [3.63, 3.8) is 0 Å². The molecule has 0 radical (unpaired) electrons. The Hall–Kier alpha value is -0.120. The standard InChI is InChI=1S/C8H10BrClN2/c1-5(11)2-6-3-7(9)4-12-8(6)10/h3-5H,2,11H2,1H3/t5-/m1/s1. The van der Waals surface area contributed by atoms with Crippen molar-refractivity contribution in [2.45, 2.75) is 19.4 Å². The Balaban J connectivity index is 2.90. The molecule has 1 atom stereocenters. The molecule has 0 amide bonds. The molecule has 1 aromatic heterocycles. The van der Waals surface area contributed by atoms with E-state index in [9.17, 15) is 0 Å². The smallest absolute Gasteiger partial charge is 0.132 e. The van der Waals surface area contributed by atoms with Gasteiger partial charge in [0.05, 0.1) is 0 Å². The molecular formula is C8H10BrClN2. The molecule has 0 fully saturated rings. The van der Waals surface area contributed by atoms with Crippen LogP contribution in [0.5, 0.6) is 0 Å². The molecule has 0 saturated heterocycles. The molecule has 0 aliphatic heterocycles. The lowest BCUT2D eigenvalue weighted by atomic mass is 10.1. The fourth-order valence-corrected chi connectivity index (χ4v) is 1.51. The van der Waals surface area contributed by atoms with Crippen LogP contribution < -0.4 is 5.73 Å². The first-order valence-corrected chi connectivity index (χ1v) is 4.82. The summed E-state index contributed by atoms with van der Waals surface area (Å²) in [5.41, 5.74) is 6.63. The first-order chi connectivity index (χ1) is 5.59. The molecule has 0 bridgehead atoms. The number of pyridine rings is 1. The molecule has 12 heavy (non-hydrogen) atoms. The zero-order valence-corrected chi connectivity index (χ0v) is 9.06. The number of hydrogen-bond acceptors (Lipinski definition) is 2. The predicted octanol–water partition coefficient (Wildman–Crippen LogP) is 2.39. The Kier molecular flexibility index (Phi) is 3.50. The van der Waals surface area contributed by atoms with E-state index in [0.717, 1.165) is 16.5 Å². The molecule has 0 aliphatic rings. The van der Waals surface area contributed by atoms with Crippen molar-refractivity contribution in [3.05, 3.63) is 27.5 Å². The third-order valence-corrected chi connectivity index (χ3v) is 2.19. The van der Waals surface area contributed by atoms with Gasteiger partial charge in [-0.25, -0.2) is 4.98 Å². The van der Waals surface area contributed by atoms with Crippen molar-refractivity contribution in [2.24, 2.45) is 5.73 Å². The molecule has 1 heterocycles. The highest BCUT2D eigenvalue weighted by molar-refractivity contribution is 9.10. The van der Waals surface area contributed by atoms with Crippen LogP contribution in [0.1, 0.15) is 12.5 Å². The largest absolute Gasteiger partial charge is 0.328 e. The second-order valence-corrected chi connectivity index (χ2v) is 4.06. The van der Waals surface area contributed by atoms with E-state index in [-0.39, 0.29) is 6.04 Å². The fraction of sp³-hybridized carbons (Fsp3) is 0.375. The van der Waals surface area contributed by atoms with Crippen LogP contribution in [0.3, 0.4) is 0 Å². The SMILES string of the molecule is C[C@@H](N)Cc1cc(Br)cnc1Cl. The van der Waals surface area contributed by atoms with Crippen LogP contribution >= 0.6 is 27.5 Å². The Morgan fingerprint density at radius 1 is 1.75 bits per heavy atom. The number of hydrogen-bond donors (Lipinski definition) is 1. The Morgan fingerprint density at radius 2 is 2.42 bits per heavy atom. The second-order valence-electron chi connectivity index (χ2n) is 2.78. The van der Waals surface area contributed by atoms with Gasteiger partial charge in [-0.2, -0.15) is 0 Å². The van der Waals surface area contributed by atoms with Gasteiger partial charge in [0.1, 0.15) is 5.15 Å². The normalized spacial score (nSPS) is 13.0. The predicted molar refractivity (Wildman–Crippen MR) is 54.3 cm³/mol. The van der Waals surface area contributed by atoms with Crippen LogP contribution in [0.4, 0.5) is 0 Å². The first kappa shape index (κ1) is 9.96. The topological polar surface area (TPSA) is 38.9 Å². The molecular weight excluding hydrogens is 239 g/mol. The Labute approximate surface area is 85.3 Å². The van der Waals surface area contributed by atoms with Crippen molar-refractivity contribution in [1.82, 2.24) is 4.98 Å². The van der Waals surface area contributed by atoms with E-state index < -0.39 is 0 Å². The molecule has 0 aliphatic carbocycles. The third kappa shape index (κ3) is 2.73.